The van der Waals surface area contributed by atoms with Crippen LogP contribution in [-0.4, -0.2) is 23.1 Å². The molecule has 122 valence electrons. The summed E-state index contributed by atoms with van der Waals surface area (Å²) in [5.74, 6) is 0.288. The molecule has 3 rings (SSSR count). The molecule has 6 heteroatoms. The van der Waals surface area contributed by atoms with E-state index < -0.39 is 11.6 Å². The summed E-state index contributed by atoms with van der Waals surface area (Å²) in [6.07, 6.45) is 2.33. The van der Waals surface area contributed by atoms with E-state index in [1.54, 1.807) is 0 Å². The van der Waals surface area contributed by atoms with Gasteiger partial charge in [0, 0.05) is 24.8 Å². The van der Waals surface area contributed by atoms with Crippen LogP contribution in [0.15, 0.2) is 24.3 Å². The van der Waals surface area contributed by atoms with Crippen molar-refractivity contribution >= 4 is 17.5 Å². The van der Waals surface area contributed by atoms with Gasteiger partial charge in [0.2, 0.25) is 5.95 Å². The fraction of sp³-hybridized carbons (Fsp3) is 0.412. The van der Waals surface area contributed by atoms with Gasteiger partial charge in [-0.2, -0.15) is 4.98 Å². The number of aryl methyl sites for hydroxylation is 1. The molecule has 1 unspecified atom stereocenters. The van der Waals surface area contributed by atoms with Crippen LogP contribution in [-0.2, 0) is 0 Å². The molecule has 0 spiro atoms. The third-order valence-electron chi connectivity index (χ3n) is 4.02. The van der Waals surface area contributed by atoms with Crippen molar-refractivity contribution in [1.29, 1.82) is 0 Å². The molecule has 1 fully saturated rings. The Morgan fingerprint density at radius 1 is 1.22 bits per heavy atom. The molecule has 1 aromatic heterocycles. The monoisotopic (exact) mass is 318 g/mol. The first kappa shape index (κ1) is 15.6. The largest absolute Gasteiger partial charge is 0.356 e. The number of piperidine rings is 1. The Morgan fingerprint density at radius 2 is 1.96 bits per heavy atom. The molecule has 0 saturated carbocycles. The zero-order valence-corrected chi connectivity index (χ0v) is 13.3. The molecule has 0 amide bonds. The molecule has 1 atom stereocenters. The predicted octanol–water partition coefficient (Wildman–Crippen LogP) is 4.04. The molecule has 4 nitrogen and oxygen atoms in total. The first-order valence-electron chi connectivity index (χ1n) is 7.84. The van der Waals surface area contributed by atoms with Crippen LogP contribution in [0, 0.1) is 24.5 Å². The van der Waals surface area contributed by atoms with E-state index in [2.05, 4.69) is 27.1 Å². The topological polar surface area (TPSA) is 41.1 Å². The Labute approximate surface area is 134 Å². The van der Waals surface area contributed by atoms with E-state index in [0.29, 0.717) is 5.92 Å². The van der Waals surface area contributed by atoms with Gasteiger partial charge in [-0.1, -0.05) is 13.0 Å². The number of nitrogens with one attached hydrogen (secondary N) is 1. The summed E-state index contributed by atoms with van der Waals surface area (Å²) in [6, 6.07) is 5.64. The molecule has 1 aliphatic heterocycles. The highest BCUT2D eigenvalue weighted by Gasteiger charge is 2.19. The van der Waals surface area contributed by atoms with Crippen LogP contribution in [0.5, 0.6) is 0 Å². The molecule has 1 saturated heterocycles. The van der Waals surface area contributed by atoms with Crippen molar-refractivity contribution < 1.29 is 8.78 Å². The van der Waals surface area contributed by atoms with Gasteiger partial charge in [0.1, 0.15) is 23.1 Å². The van der Waals surface area contributed by atoms with E-state index in [-0.39, 0.29) is 11.6 Å². The highest BCUT2D eigenvalue weighted by atomic mass is 19.1. The molecule has 2 aromatic rings. The minimum absolute atomic E-state index is 0.210. The van der Waals surface area contributed by atoms with Crippen molar-refractivity contribution in [3.8, 4) is 0 Å². The molecule has 0 aliphatic carbocycles. The number of aromatic nitrogens is 2. The molecule has 1 N–H and O–H groups in total. The number of halogens is 2. The Kier molecular flexibility index (Phi) is 4.41. The van der Waals surface area contributed by atoms with Gasteiger partial charge in [0.15, 0.2) is 0 Å². The van der Waals surface area contributed by atoms with Crippen LogP contribution in [0.2, 0.25) is 0 Å². The standard InChI is InChI=1S/C17H20F2N4/c1-11-5-4-8-23(10-11)15-9-12(2)20-17(21-15)22-16-13(18)6-3-7-14(16)19/h3,6-7,9,11H,4-5,8,10H2,1-2H3,(H,20,21,22). The maximum Gasteiger partial charge on any atom is 0.229 e. The maximum atomic E-state index is 13.8. The van der Waals surface area contributed by atoms with Crippen molar-refractivity contribution in [2.24, 2.45) is 5.92 Å². The molecule has 0 bridgehead atoms. The number of hydrogen-bond acceptors (Lipinski definition) is 4. The molecular weight excluding hydrogens is 298 g/mol. The lowest BCUT2D eigenvalue weighted by atomic mass is 10.0. The third-order valence-corrected chi connectivity index (χ3v) is 4.02. The van der Waals surface area contributed by atoms with Crippen molar-refractivity contribution in [2.75, 3.05) is 23.3 Å². The van der Waals surface area contributed by atoms with Crippen molar-refractivity contribution in [3.05, 3.63) is 41.6 Å². The van der Waals surface area contributed by atoms with E-state index in [1.807, 2.05) is 13.0 Å². The third kappa shape index (κ3) is 3.57. The summed E-state index contributed by atoms with van der Waals surface area (Å²) in [4.78, 5) is 10.9. The molecule has 2 heterocycles. The van der Waals surface area contributed by atoms with Crippen LogP contribution in [0.4, 0.5) is 26.2 Å². The van der Waals surface area contributed by atoms with Crippen LogP contribution < -0.4 is 10.2 Å². The van der Waals surface area contributed by atoms with Crippen molar-refractivity contribution in [1.82, 2.24) is 9.97 Å². The highest BCUT2D eigenvalue weighted by molar-refractivity contribution is 5.57. The normalized spacial score (nSPS) is 18.1. The summed E-state index contributed by atoms with van der Waals surface area (Å²) in [5, 5.41) is 2.67. The van der Waals surface area contributed by atoms with E-state index in [0.717, 1.165) is 31.0 Å². The number of anilines is 3. The van der Waals surface area contributed by atoms with Crippen LogP contribution in [0.1, 0.15) is 25.5 Å². The fourth-order valence-electron chi connectivity index (χ4n) is 2.90. The van der Waals surface area contributed by atoms with Gasteiger partial charge in [0.05, 0.1) is 0 Å². The second kappa shape index (κ2) is 6.48. The second-order valence-electron chi connectivity index (χ2n) is 6.11. The number of nitrogens with zero attached hydrogens (tertiary/aromatic N) is 3. The van der Waals surface area contributed by atoms with Gasteiger partial charge in [0.25, 0.3) is 0 Å². The first-order chi connectivity index (χ1) is 11.0. The van der Waals surface area contributed by atoms with Crippen molar-refractivity contribution in [3.63, 3.8) is 0 Å². The first-order valence-corrected chi connectivity index (χ1v) is 7.84. The number of benzene rings is 1. The molecular formula is C17H20F2N4. The lowest BCUT2D eigenvalue weighted by molar-refractivity contribution is 0.444. The van der Waals surface area contributed by atoms with E-state index in [1.165, 1.54) is 24.6 Å². The number of para-hydroxylation sites is 1. The molecule has 1 aliphatic rings. The van der Waals surface area contributed by atoms with Gasteiger partial charge in [-0.25, -0.2) is 13.8 Å². The lowest BCUT2D eigenvalue weighted by Gasteiger charge is -2.32. The fourth-order valence-corrected chi connectivity index (χ4v) is 2.90. The van der Waals surface area contributed by atoms with E-state index in [4.69, 9.17) is 0 Å². The minimum atomic E-state index is -0.664. The molecule has 1 aromatic carbocycles. The zero-order chi connectivity index (χ0) is 16.4. The Bertz CT molecular complexity index is 685. The van der Waals surface area contributed by atoms with E-state index in [9.17, 15) is 8.78 Å². The van der Waals surface area contributed by atoms with Gasteiger partial charge in [-0.15, -0.1) is 0 Å². The predicted molar refractivity (Wildman–Crippen MR) is 87.0 cm³/mol. The smallest absolute Gasteiger partial charge is 0.229 e. The van der Waals surface area contributed by atoms with Crippen LogP contribution in [0.3, 0.4) is 0 Å². The Balaban J connectivity index is 1.88. The SMILES string of the molecule is Cc1cc(N2CCCC(C)C2)nc(Nc2c(F)cccc2F)n1. The summed E-state index contributed by atoms with van der Waals surface area (Å²) in [6.45, 7) is 5.94. The van der Waals surface area contributed by atoms with Gasteiger partial charge < -0.3 is 10.2 Å². The molecule has 0 radical (unpaired) electrons. The van der Waals surface area contributed by atoms with Gasteiger partial charge >= 0.3 is 0 Å². The zero-order valence-electron chi connectivity index (χ0n) is 13.3. The summed E-state index contributed by atoms with van der Waals surface area (Å²) in [5.41, 5.74) is 0.531. The van der Waals surface area contributed by atoms with Crippen LogP contribution in [0.25, 0.3) is 0 Å². The second-order valence-corrected chi connectivity index (χ2v) is 6.11. The Hall–Kier alpha value is -2.24. The number of hydrogen-bond donors (Lipinski definition) is 1. The quantitative estimate of drug-likeness (QED) is 0.927. The van der Waals surface area contributed by atoms with Crippen LogP contribution >= 0.6 is 0 Å². The van der Waals surface area contributed by atoms with Gasteiger partial charge in [-0.3, -0.25) is 0 Å². The molecule has 23 heavy (non-hydrogen) atoms. The average molecular weight is 318 g/mol. The minimum Gasteiger partial charge on any atom is -0.356 e. The summed E-state index contributed by atoms with van der Waals surface area (Å²) >= 11 is 0. The Morgan fingerprint density at radius 3 is 2.65 bits per heavy atom. The summed E-state index contributed by atoms with van der Waals surface area (Å²) in [7, 11) is 0. The van der Waals surface area contributed by atoms with E-state index >= 15 is 0 Å². The maximum absolute atomic E-state index is 13.8. The van der Waals surface area contributed by atoms with Gasteiger partial charge in [-0.05, 0) is 37.8 Å². The number of rotatable bonds is 3. The highest BCUT2D eigenvalue weighted by Crippen LogP contribution is 2.25. The lowest BCUT2D eigenvalue weighted by Crippen LogP contribution is -2.35. The average Bonchev–Trinajstić information content (AvgIpc) is 2.51. The van der Waals surface area contributed by atoms with Crippen molar-refractivity contribution in [2.45, 2.75) is 26.7 Å². The summed E-state index contributed by atoms with van der Waals surface area (Å²) < 4.78 is 27.5.